The fourth-order valence-electron chi connectivity index (χ4n) is 2.67. The Hall–Kier alpha value is -2.04. The molecular weight excluding hydrogens is 256 g/mol. The van der Waals surface area contributed by atoms with E-state index in [9.17, 15) is 14.7 Å². The average Bonchev–Trinajstić information content (AvgIpc) is 2.93. The summed E-state index contributed by atoms with van der Waals surface area (Å²) in [5.41, 5.74) is 0.584. The first kappa shape index (κ1) is 14.4. The van der Waals surface area contributed by atoms with Crippen LogP contribution in [0.1, 0.15) is 37.8 Å². The Morgan fingerprint density at radius 2 is 2.10 bits per heavy atom. The minimum absolute atomic E-state index is 0.222. The Morgan fingerprint density at radius 3 is 2.70 bits per heavy atom. The van der Waals surface area contributed by atoms with Crippen LogP contribution in [0.15, 0.2) is 30.3 Å². The fourth-order valence-corrected chi connectivity index (χ4v) is 2.67. The third-order valence-corrected chi connectivity index (χ3v) is 3.76. The molecule has 1 aromatic rings. The molecule has 0 bridgehead atoms. The zero-order chi connectivity index (χ0) is 14.5. The Kier molecular flexibility index (Phi) is 4.61. The standard InChI is InChI=1S/C15H20N2O3/c1-2-12-9-6-10-17(12)15(20)16-13(14(18)19)11-7-4-3-5-8-11/h3-5,7-8,12-13H,2,6,9-10H2,1H3,(H,16,20)(H,18,19)/t12?,13-/m0/s1. The monoisotopic (exact) mass is 276 g/mol. The molecule has 5 heteroatoms. The van der Waals surface area contributed by atoms with Crippen molar-refractivity contribution in [1.29, 1.82) is 0 Å². The van der Waals surface area contributed by atoms with Gasteiger partial charge in [0, 0.05) is 12.6 Å². The second-order valence-electron chi connectivity index (χ2n) is 5.03. The number of nitrogens with zero attached hydrogens (tertiary/aromatic N) is 1. The number of hydrogen-bond donors (Lipinski definition) is 2. The first-order valence-electron chi connectivity index (χ1n) is 6.98. The molecule has 2 N–H and O–H groups in total. The van der Waals surface area contributed by atoms with Crippen molar-refractivity contribution >= 4 is 12.0 Å². The minimum atomic E-state index is -1.04. The van der Waals surface area contributed by atoms with Gasteiger partial charge in [-0.3, -0.25) is 0 Å². The third-order valence-electron chi connectivity index (χ3n) is 3.76. The number of aliphatic carboxylic acids is 1. The van der Waals surface area contributed by atoms with Crippen molar-refractivity contribution in [3.05, 3.63) is 35.9 Å². The van der Waals surface area contributed by atoms with Gasteiger partial charge in [-0.05, 0) is 24.8 Å². The van der Waals surface area contributed by atoms with Crippen molar-refractivity contribution in [3.63, 3.8) is 0 Å². The van der Waals surface area contributed by atoms with Crippen molar-refractivity contribution in [3.8, 4) is 0 Å². The number of carboxylic acids is 1. The van der Waals surface area contributed by atoms with Gasteiger partial charge >= 0.3 is 12.0 Å². The van der Waals surface area contributed by atoms with Crippen LogP contribution >= 0.6 is 0 Å². The molecule has 0 saturated carbocycles. The highest BCUT2D eigenvalue weighted by Gasteiger charge is 2.30. The molecule has 20 heavy (non-hydrogen) atoms. The van der Waals surface area contributed by atoms with E-state index in [0.717, 1.165) is 19.3 Å². The summed E-state index contributed by atoms with van der Waals surface area (Å²) in [7, 11) is 0. The number of hydrogen-bond acceptors (Lipinski definition) is 2. The zero-order valence-electron chi connectivity index (χ0n) is 11.6. The van der Waals surface area contributed by atoms with E-state index in [1.807, 2.05) is 13.0 Å². The Balaban J connectivity index is 2.09. The lowest BCUT2D eigenvalue weighted by Crippen LogP contribution is -2.45. The van der Waals surface area contributed by atoms with Crippen molar-refractivity contribution in [1.82, 2.24) is 10.2 Å². The van der Waals surface area contributed by atoms with E-state index in [1.54, 1.807) is 29.2 Å². The largest absolute Gasteiger partial charge is 0.479 e. The molecule has 1 unspecified atom stereocenters. The van der Waals surface area contributed by atoms with Crippen molar-refractivity contribution in [2.75, 3.05) is 6.54 Å². The summed E-state index contributed by atoms with van der Waals surface area (Å²) in [5.74, 6) is -1.04. The molecular formula is C15H20N2O3. The highest BCUT2D eigenvalue weighted by atomic mass is 16.4. The van der Waals surface area contributed by atoms with E-state index in [4.69, 9.17) is 0 Å². The molecule has 0 radical (unpaired) electrons. The molecule has 0 aliphatic carbocycles. The number of amides is 2. The molecule has 5 nitrogen and oxygen atoms in total. The highest BCUT2D eigenvalue weighted by molar-refractivity contribution is 5.84. The number of carbonyl (C=O) groups is 2. The molecule has 1 aliphatic rings. The molecule has 0 aromatic heterocycles. The van der Waals surface area contributed by atoms with Crippen molar-refractivity contribution in [2.45, 2.75) is 38.3 Å². The molecule has 1 fully saturated rings. The quantitative estimate of drug-likeness (QED) is 0.887. The maximum absolute atomic E-state index is 12.3. The summed E-state index contributed by atoms with van der Waals surface area (Å²) < 4.78 is 0. The fraction of sp³-hybridized carbons (Fsp3) is 0.467. The van der Waals surface area contributed by atoms with Crippen LogP contribution in [0.4, 0.5) is 4.79 Å². The van der Waals surface area contributed by atoms with Gasteiger partial charge in [-0.15, -0.1) is 0 Å². The lowest BCUT2D eigenvalue weighted by atomic mass is 10.1. The molecule has 1 aromatic carbocycles. The van der Waals surface area contributed by atoms with Crippen molar-refractivity contribution < 1.29 is 14.7 Å². The van der Waals surface area contributed by atoms with E-state index < -0.39 is 12.0 Å². The summed E-state index contributed by atoms with van der Waals surface area (Å²) in [6.45, 7) is 2.74. The van der Waals surface area contributed by atoms with Crippen LogP contribution in [0.25, 0.3) is 0 Å². The molecule has 1 aliphatic heterocycles. The number of carboxylic acid groups (broad SMARTS) is 1. The van der Waals surface area contributed by atoms with E-state index in [1.165, 1.54) is 0 Å². The van der Waals surface area contributed by atoms with Crippen molar-refractivity contribution in [2.24, 2.45) is 0 Å². The number of carbonyl (C=O) groups excluding carboxylic acids is 1. The minimum Gasteiger partial charge on any atom is -0.479 e. The maximum atomic E-state index is 12.3. The van der Waals surface area contributed by atoms with Gasteiger partial charge in [0.15, 0.2) is 6.04 Å². The predicted octanol–water partition coefficient (Wildman–Crippen LogP) is 2.40. The maximum Gasteiger partial charge on any atom is 0.330 e. The third kappa shape index (κ3) is 3.10. The Bertz CT molecular complexity index is 475. The van der Waals surface area contributed by atoms with E-state index >= 15 is 0 Å². The number of likely N-dealkylation sites (tertiary alicyclic amines) is 1. The van der Waals surface area contributed by atoms with E-state index in [2.05, 4.69) is 5.32 Å². The van der Waals surface area contributed by atoms with Crippen LogP contribution in [-0.2, 0) is 4.79 Å². The van der Waals surface area contributed by atoms with Gasteiger partial charge in [-0.2, -0.15) is 0 Å². The van der Waals surface area contributed by atoms with Gasteiger partial charge in [0.25, 0.3) is 0 Å². The molecule has 2 amide bonds. The van der Waals surface area contributed by atoms with Crippen LogP contribution in [0.5, 0.6) is 0 Å². The summed E-state index contributed by atoms with van der Waals surface area (Å²) in [5, 5.41) is 11.9. The number of urea groups is 1. The Labute approximate surface area is 118 Å². The van der Waals surface area contributed by atoms with Gasteiger partial charge in [0.05, 0.1) is 0 Å². The topological polar surface area (TPSA) is 69.6 Å². The van der Waals surface area contributed by atoms with Crippen LogP contribution in [-0.4, -0.2) is 34.6 Å². The van der Waals surface area contributed by atoms with Gasteiger partial charge in [0.1, 0.15) is 0 Å². The number of benzene rings is 1. The van der Waals surface area contributed by atoms with Gasteiger partial charge < -0.3 is 15.3 Å². The molecule has 1 heterocycles. The summed E-state index contributed by atoms with van der Waals surface area (Å²) in [6.07, 6.45) is 2.87. The molecule has 2 atom stereocenters. The van der Waals surface area contributed by atoms with E-state index in [0.29, 0.717) is 12.1 Å². The molecule has 2 rings (SSSR count). The van der Waals surface area contributed by atoms with Gasteiger partial charge in [0.2, 0.25) is 0 Å². The summed E-state index contributed by atoms with van der Waals surface area (Å²) >= 11 is 0. The van der Waals surface area contributed by atoms with Gasteiger partial charge in [-0.25, -0.2) is 9.59 Å². The highest BCUT2D eigenvalue weighted by Crippen LogP contribution is 2.21. The average molecular weight is 276 g/mol. The lowest BCUT2D eigenvalue weighted by molar-refractivity contribution is -0.139. The van der Waals surface area contributed by atoms with E-state index in [-0.39, 0.29) is 12.1 Å². The zero-order valence-corrected chi connectivity index (χ0v) is 11.6. The van der Waals surface area contributed by atoms with Crippen LogP contribution in [0, 0.1) is 0 Å². The molecule has 0 spiro atoms. The number of rotatable bonds is 4. The molecule has 1 saturated heterocycles. The van der Waals surface area contributed by atoms with Crippen LogP contribution in [0.2, 0.25) is 0 Å². The normalized spacial score (nSPS) is 19.6. The Morgan fingerprint density at radius 1 is 1.40 bits per heavy atom. The summed E-state index contributed by atoms with van der Waals surface area (Å²) in [6, 6.07) is 7.70. The van der Waals surface area contributed by atoms with Crippen LogP contribution in [0.3, 0.4) is 0 Å². The summed E-state index contributed by atoms with van der Waals surface area (Å²) in [4.78, 5) is 25.4. The molecule has 108 valence electrons. The number of nitrogens with one attached hydrogen (secondary N) is 1. The smallest absolute Gasteiger partial charge is 0.330 e. The second-order valence-corrected chi connectivity index (χ2v) is 5.03. The first-order valence-corrected chi connectivity index (χ1v) is 6.98. The second kappa shape index (κ2) is 6.41. The lowest BCUT2D eigenvalue weighted by Gasteiger charge is -2.26. The first-order chi connectivity index (χ1) is 9.63. The van der Waals surface area contributed by atoms with Crippen LogP contribution < -0.4 is 5.32 Å². The predicted molar refractivity (Wildman–Crippen MR) is 75.4 cm³/mol. The SMILES string of the molecule is CCC1CCCN1C(=O)N[C@H](C(=O)O)c1ccccc1. The van der Waals surface area contributed by atoms with Gasteiger partial charge in [-0.1, -0.05) is 37.3 Å².